The summed E-state index contributed by atoms with van der Waals surface area (Å²) in [7, 11) is 10.5. The second kappa shape index (κ2) is 13.4. The average Bonchev–Trinajstić information content (AvgIpc) is 2.81. The number of alkyl halides is 2. The van der Waals surface area contributed by atoms with Gasteiger partial charge in [0.2, 0.25) is 0 Å². The molecule has 2 fully saturated rings. The first-order chi connectivity index (χ1) is 14.9. The molecule has 186 valence electrons. The van der Waals surface area contributed by atoms with E-state index >= 15 is 0 Å². The Morgan fingerprint density at radius 3 is 1.48 bits per heavy atom. The Bertz CT molecular complexity index is 510. The molecule has 10 unspecified atom stereocenters. The summed E-state index contributed by atoms with van der Waals surface area (Å²) >= 11 is -0.259. The fraction of sp³-hybridized carbons (Fsp3) is 1.00. The molecule has 0 radical (unpaired) electrons. The number of halogens is 1. The topological polar surface area (TPSA) is 75.6 Å². The predicted octanol–water partition coefficient (Wildman–Crippen LogP) is -0.814. The number of methoxy groups -OCH3 is 6. The van der Waals surface area contributed by atoms with Crippen LogP contribution in [0.5, 0.6) is 0 Å². The van der Waals surface area contributed by atoms with Crippen molar-refractivity contribution in [3.63, 3.8) is 0 Å². The van der Waals surface area contributed by atoms with Crippen LogP contribution in [-0.2, 0) is 28.4 Å². The van der Waals surface area contributed by atoms with E-state index in [1.165, 1.54) is 0 Å². The van der Waals surface area contributed by atoms with Crippen LogP contribution in [0.4, 0.5) is 0 Å². The zero-order chi connectivity index (χ0) is 23.1. The third kappa shape index (κ3) is 5.93. The first kappa shape index (κ1) is 27.7. The van der Waals surface area contributed by atoms with E-state index in [0.717, 1.165) is 25.7 Å². The van der Waals surface area contributed by atoms with Gasteiger partial charge in [0.1, 0.15) is 0 Å². The molecule has 7 nitrogen and oxygen atoms in total. The maximum absolute atomic E-state index is 10.7. The Morgan fingerprint density at radius 2 is 1.13 bits per heavy atom. The summed E-state index contributed by atoms with van der Waals surface area (Å²) in [5.41, 5.74) is 0. The van der Waals surface area contributed by atoms with Gasteiger partial charge in [-0.3, -0.25) is 0 Å². The minimum atomic E-state index is -0.259. The molecule has 0 aliphatic heterocycles. The van der Waals surface area contributed by atoms with E-state index in [4.69, 9.17) is 28.4 Å². The Balaban J connectivity index is 2.53. The van der Waals surface area contributed by atoms with Crippen molar-refractivity contribution in [1.82, 2.24) is 0 Å². The zero-order valence-electron chi connectivity index (χ0n) is 20.5. The number of ether oxygens (including phenoxy) is 6. The standard InChI is InChI=1S/C23H44IO7/c1-9-13-10-15(26-3)20(28-5)22(30-7)18(13)19-14(12-17(25)24-2)11-16(27-4)21(29-6)23(19)31-8/h13-23,25H,9-12H2,1-8H3/q-1/t13?,14?,15?,16?,17-,18?,19?,20?,21?,22?,23?/m0/s1. The van der Waals surface area contributed by atoms with Gasteiger partial charge in [-0.2, -0.15) is 0 Å². The molecular weight excluding hydrogens is 515 g/mol. The van der Waals surface area contributed by atoms with Crippen molar-refractivity contribution in [2.45, 2.75) is 73.3 Å². The molecule has 2 aliphatic carbocycles. The van der Waals surface area contributed by atoms with Crippen LogP contribution in [0.1, 0.15) is 32.6 Å². The van der Waals surface area contributed by atoms with Crippen molar-refractivity contribution in [1.29, 1.82) is 0 Å². The normalized spacial score (nSPS) is 42.6. The van der Waals surface area contributed by atoms with Gasteiger partial charge in [-0.25, -0.2) is 0 Å². The van der Waals surface area contributed by atoms with E-state index in [2.05, 4.69) is 11.9 Å². The maximum atomic E-state index is 10.7. The van der Waals surface area contributed by atoms with Gasteiger partial charge in [-0.15, -0.1) is 0 Å². The molecule has 0 heterocycles. The first-order valence-corrected chi connectivity index (χ1v) is 14.7. The molecule has 1 N–H and O–H groups in total. The Morgan fingerprint density at radius 1 is 0.710 bits per heavy atom. The van der Waals surface area contributed by atoms with E-state index < -0.39 is 0 Å². The van der Waals surface area contributed by atoms with Crippen molar-refractivity contribution in [3.05, 3.63) is 0 Å². The SMILES string of the molecule is CCC1CC(OC)C(OC)C(OC)C1C1C(C[C@H](O)[I-]C)CC(OC)C(OC)C1OC. The van der Waals surface area contributed by atoms with Gasteiger partial charge in [0.25, 0.3) is 0 Å². The van der Waals surface area contributed by atoms with Gasteiger partial charge in [0.05, 0.1) is 0 Å². The van der Waals surface area contributed by atoms with Crippen molar-refractivity contribution in [2.24, 2.45) is 23.7 Å². The third-order valence-corrected chi connectivity index (χ3v) is 9.66. The number of aliphatic hydroxyl groups excluding tert-OH is 1. The summed E-state index contributed by atoms with van der Waals surface area (Å²) in [5, 5.41) is 10.7. The fourth-order valence-corrected chi connectivity index (χ4v) is 7.45. The van der Waals surface area contributed by atoms with Gasteiger partial charge in [-0.1, -0.05) is 0 Å². The fourth-order valence-electron chi connectivity index (χ4n) is 6.29. The van der Waals surface area contributed by atoms with E-state index in [-0.39, 0.29) is 79.7 Å². The molecule has 11 atom stereocenters. The van der Waals surface area contributed by atoms with Crippen molar-refractivity contribution in [3.8, 4) is 0 Å². The summed E-state index contributed by atoms with van der Waals surface area (Å²) in [4.78, 5) is 2.14. The summed E-state index contributed by atoms with van der Waals surface area (Å²) in [6, 6.07) is 0. The molecule has 0 spiro atoms. The van der Waals surface area contributed by atoms with E-state index in [0.29, 0.717) is 5.92 Å². The van der Waals surface area contributed by atoms with Crippen LogP contribution < -0.4 is 21.2 Å². The quantitative estimate of drug-likeness (QED) is 0.262. The monoisotopic (exact) mass is 559 g/mol. The molecule has 2 aliphatic rings. The van der Waals surface area contributed by atoms with Crippen LogP contribution in [0.15, 0.2) is 0 Å². The van der Waals surface area contributed by atoms with Crippen molar-refractivity contribution in [2.75, 3.05) is 47.6 Å². The molecule has 8 heteroatoms. The molecule has 2 rings (SSSR count). The Hall–Kier alpha value is 0.450. The second-order valence-electron chi connectivity index (χ2n) is 8.79. The molecule has 0 aromatic heterocycles. The summed E-state index contributed by atoms with van der Waals surface area (Å²) in [5.74, 6) is 1.02. The van der Waals surface area contributed by atoms with Crippen molar-refractivity contribution >= 4 is 0 Å². The Labute approximate surface area is 199 Å². The van der Waals surface area contributed by atoms with Gasteiger partial charge < -0.3 is 0 Å². The van der Waals surface area contributed by atoms with Crippen LogP contribution in [0, 0.1) is 23.7 Å². The summed E-state index contributed by atoms with van der Waals surface area (Å²) < 4.78 is 35.5. The van der Waals surface area contributed by atoms with Crippen LogP contribution >= 0.6 is 0 Å². The van der Waals surface area contributed by atoms with Gasteiger partial charge in [0.15, 0.2) is 0 Å². The van der Waals surface area contributed by atoms with Gasteiger partial charge >= 0.3 is 199 Å². The molecule has 0 bridgehead atoms. The first-order valence-electron chi connectivity index (χ1n) is 11.3. The average molecular weight is 560 g/mol. The number of hydrogen-bond acceptors (Lipinski definition) is 7. The molecular formula is C23H44IO7-. The number of rotatable bonds is 11. The third-order valence-electron chi connectivity index (χ3n) is 7.71. The molecule has 0 aromatic rings. The van der Waals surface area contributed by atoms with E-state index in [1.54, 1.807) is 42.7 Å². The molecule has 0 amide bonds. The number of hydrogen-bond donors (Lipinski definition) is 1. The molecule has 31 heavy (non-hydrogen) atoms. The predicted molar refractivity (Wildman–Crippen MR) is 115 cm³/mol. The second-order valence-corrected chi connectivity index (χ2v) is 11.5. The van der Waals surface area contributed by atoms with Crippen LogP contribution in [0.2, 0.25) is 0 Å². The van der Waals surface area contributed by atoms with Crippen molar-refractivity contribution < 1.29 is 54.7 Å². The Kier molecular flexibility index (Phi) is 11.9. The van der Waals surface area contributed by atoms with Crippen LogP contribution in [0.25, 0.3) is 0 Å². The van der Waals surface area contributed by atoms with Gasteiger partial charge in [-0.05, 0) is 0 Å². The van der Waals surface area contributed by atoms with Crippen LogP contribution in [0.3, 0.4) is 0 Å². The number of aliphatic hydroxyl groups is 1. The van der Waals surface area contributed by atoms with E-state index in [9.17, 15) is 5.11 Å². The minimum absolute atomic E-state index is 0.00349. The summed E-state index contributed by atoms with van der Waals surface area (Å²) in [6.07, 6.45) is 2.90. The molecule has 0 saturated heterocycles. The summed E-state index contributed by atoms with van der Waals surface area (Å²) in [6.45, 7) is 2.24. The van der Waals surface area contributed by atoms with Gasteiger partial charge in [0, 0.05) is 0 Å². The zero-order valence-corrected chi connectivity index (χ0v) is 22.6. The van der Waals surface area contributed by atoms with Crippen LogP contribution in [-0.4, -0.2) is 93.4 Å². The molecule has 0 aromatic carbocycles. The molecule has 2 saturated carbocycles. The van der Waals surface area contributed by atoms with E-state index in [1.807, 2.05) is 0 Å².